The Hall–Kier alpha value is -0.910. The highest BCUT2D eigenvalue weighted by atomic mass is 32.2. The number of nitrogens with two attached hydrogens (primary N) is 1. The monoisotopic (exact) mass is 285 g/mol. The largest absolute Gasteiger partial charge is 0.409 e. The fourth-order valence-electron chi connectivity index (χ4n) is 3.04. The minimum atomic E-state index is -0.321. The summed E-state index contributed by atoms with van der Waals surface area (Å²) in [6, 6.07) is 0.255. The molecule has 0 aromatic heterocycles. The number of rotatable bonds is 4. The van der Waals surface area contributed by atoms with Crippen LogP contribution in [-0.4, -0.2) is 44.9 Å². The minimum absolute atomic E-state index is 0.117. The Kier molecular flexibility index (Phi) is 4.60. The quantitative estimate of drug-likeness (QED) is 0.357. The van der Waals surface area contributed by atoms with Gasteiger partial charge in [-0.25, -0.2) is 0 Å². The van der Waals surface area contributed by atoms with E-state index >= 15 is 0 Å². The third-order valence-electron chi connectivity index (χ3n) is 4.16. The smallest absolute Gasteiger partial charge is 0.239 e. The number of nitrogens with zero attached hydrogens (tertiary/aromatic N) is 2. The lowest BCUT2D eigenvalue weighted by atomic mass is 10.0. The van der Waals surface area contributed by atoms with Gasteiger partial charge in [0, 0.05) is 6.04 Å². The van der Waals surface area contributed by atoms with Gasteiger partial charge in [0.2, 0.25) is 5.91 Å². The second kappa shape index (κ2) is 6.03. The summed E-state index contributed by atoms with van der Waals surface area (Å²) in [6.45, 7) is 2.28. The van der Waals surface area contributed by atoms with Crippen molar-refractivity contribution in [2.24, 2.45) is 10.9 Å². The van der Waals surface area contributed by atoms with Gasteiger partial charge in [0.15, 0.2) is 5.84 Å². The Morgan fingerprint density at radius 1 is 1.47 bits per heavy atom. The van der Waals surface area contributed by atoms with Crippen LogP contribution in [0.25, 0.3) is 0 Å². The number of carbonyl (C=O) groups excluding carboxylic acids is 1. The molecular formula is C13H23N3O2S. The highest BCUT2D eigenvalue weighted by Crippen LogP contribution is 2.40. The van der Waals surface area contributed by atoms with E-state index in [9.17, 15) is 4.79 Å². The van der Waals surface area contributed by atoms with E-state index in [1.165, 1.54) is 0 Å². The summed E-state index contributed by atoms with van der Waals surface area (Å²) in [5, 5.41) is 11.8. The van der Waals surface area contributed by atoms with Crippen LogP contribution in [-0.2, 0) is 4.79 Å². The predicted octanol–water partition coefficient (Wildman–Crippen LogP) is 1.79. The minimum Gasteiger partial charge on any atom is -0.409 e. The lowest BCUT2D eigenvalue weighted by Crippen LogP contribution is -2.51. The molecular weight excluding hydrogens is 262 g/mol. The first kappa shape index (κ1) is 14.5. The van der Waals surface area contributed by atoms with Crippen LogP contribution in [0.15, 0.2) is 5.16 Å². The van der Waals surface area contributed by atoms with Crippen LogP contribution >= 0.6 is 11.8 Å². The lowest BCUT2D eigenvalue weighted by Gasteiger charge is -2.35. The molecule has 1 saturated heterocycles. The van der Waals surface area contributed by atoms with Crippen molar-refractivity contribution >= 4 is 23.5 Å². The molecule has 0 radical (unpaired) electrons. The zero-order valence-corrected chi connectivity index (χ0v) is 12.3. The van der Waals surface area contributed by atoms with Crippen molar-refractivity contribution in [2.45, 2.75) is 56.2 Å². The molecule has 1 aliphatic carbocycles. The Labute approximate surface area is 118 Å². The van der Waals surface area contributed by atoms with Crippen molar-refractivity contribution in [3.8, 4) is 0 Å². The van der Waals surface area contributed by atoms with Crippen LogP contribution < -0.4 is 5.73 Å². The molecule has 3 N–H and O–H groups in total. The van der Waals surface area contributed by atoms with Crippen LogP contribution in [0.3, 0.4) is 0 Å². The third-order valence-corrected chi connectivity index (χ3v) is 5.67. The summed E-state index contributed by atoms with van der Waals surface area (Å²) in [5.41, 5.74) is 5.62. The third kappa shape index (κ3) is 3.16. The summed E-state index contributed by atoms with van der Waals surface area (Å²) in [5.74, 6) is 1.32. The van der Waals surface area contributed by atoms with Crippen LogP contribution in [0.1, 0.15) is 45.4 Å². The van der Waals surface area contributed by atoms with E-state index in [2.05, 4.69) is 5.16 Å². The first-order valence-electron chi connectivity index (χ1n) is 6.98. The average molecular weight is 285 g/mol. The second-order valence-electron chi connectivity index (χ2n) is 5.65. The number of oxime groups is 1. The molecule has 1 unspecified atom stereocenters. The van der Waals surface area contributed by atoms with E-state index in [-0.39, 0.29) is 29.1 Å². The SMILES string of the molecule is CC1(C(=O)N(CC(N)=NO)C2CCCC2)CCCS1. The maximum atomic E-state index is 12.8. The number of carbonyl (C=O) groups is 1. The van der Waals surface area contributed by atoms with Gasteiger partial charge < -0.3 is 15.8 Å². The van der Waals surface area contributed by atoms with Crippen LogP contribution in [0.5, 0.6) is 0 Å². The van der Waals surface area contributed by atoms with Crippen molar-refractivity contribution in [1.82, 2.24) is 4.90 Å². The first-order chi connectivity index (χ1) is 9.07. The van der Waals surface area contributed by atoms with Crippen molar-refractivity contribution in [3.05, 3.63) is 0 Å². The Morgan fingerprint density at radius 3 is 2.68 bits per heavy atom. The molecule has 5 nitrogen and oxygen atoms in total. The fraction of sp³-hybridized carbons (Fsp3) is 0.846. The van der Waals surface area contributed by atoms with E-state index in [0.717, 1.165) is 44.3 Å². The number of hydrogen-bond donors (Lipinski definition) is 2. The molecule has 2 rings (SSSR count). The maximum Gasteiger partial charge on any atom is 0.239 e. The molecule has 1 heterocycles. The zero-order valence-electron chi connectivity index (χ0n) is 11.5. The maximum absolute atomic E-state index is 12.8. The van der Waals surface area contributed by atoms with Crippen LogP contribution in [0.4, 0.5) is 0 Å². The Bertz CT molecular complexity index is 361. The van der Waals surface area contributed by atoms with Gasteiger partial charge in [-0.15, -0.1) is 11.8 Å². The molecule has 1 atom stereocenters. The standard InChI is InChI=1S/C13H23N3O2S/c1-13(7-4-8-19-13)12(17)16(9-11(14)15-18)10-5-2-3-6-10/h10,18H,2-9H2,1H3,(H2,14,15). The van der Waals surface area contributed by atoms with Crippen molar-refractivity contribution < 1.29 is 10.0 Å². The number of amides is 1. The van der Waals surface area contributed by atoms with Gasteiger partial charge in [-0.05, 0) is 38.4 Å². The first-order valence-corrected chi connectivity index (χ1v) is 7.97. The molecule has 0 bridgehead atoms. The van der Waals surface area contributed by atoms with Gasteiger partial charge in [0.1, 0.15) is 0 Å². The molecule has 2 fully saturated rings. The second-order valence-corrected chi connectivity index (χ2v) is 7.24. The molecule has 1 saturated carbocycles. The van der Waals surface area contributed by atoms with Gasteiger partial charge in [0.25, 0.3) is 0 Å². The van der Waals surface area contributed by atoms with Gasteiger partial charge >= 0.3 is 0 Å². The van der Waals surface area contributed by atoms with Gasteiger partial charge in [-0.3, -0.25) is 4.79 Å². The highest BCUT2D eigenvalue weighted by Gasteiger charge is 2.42. The Balaban J connectivity index is 2.13. The van der Waals surface area contributed by atoms with E-state index < -0.39 is 0 Å². The summed E-state index contributed by atoms with van der Waals surface area (Å²) in [7, 11) is 0. The predicted molar refractivity (Wildman–Crippen MR) is 77.5 cm³/mol. The van der Waals surface area contributed by atoms with Gasteiger partial charge in [-0.2, -0.15) is 0 Å². The molecule has 0 aromatic carbocycles. The van der Waals surface area contributed by atoms with Crippen molar-refractivity contribution in [1.29, 1.82) is 0 Å². The summed E-state index contributed by atoms with van der Waals surface area (Å²) in [6.07, 6.45) is 6.41. The van der Waals surface area contributed by atoms with Crippen molar-refractivity contribution in [3.63, 3.8) is 0 Å². The summed E-state index contributed by atoms with van der Waals surface area (Å²) >= 11 is 1.74. The number of amidine groups is 1. The van der Waals surface area contributed by atoms with Crippen LogP contribution in [0, 0.1) is 0 Å². The van der Waals surface area contributed by atoms with E-state index in [0.29, 0.717) is 0 Å². The molecule has 1 amide bonds. The van der Waals surface area contributed by atoms with Gasteiger partial charge in [-0.1, -0.05) is 18.0 Å². The fourth-order valence-corrected chi connectivity index (χ4v) is 4.31. The molecule has 6 heteroatoms. The molecule has 0 spiro atoms. The topological polar surface area (TPSA) is 78.9 Å². The molecule has 0 aromatic rings. The lowest BCUT2D eigenvalue weighted by molar-refractivity contribution is -0.134. The normalized spacial score (nSPS) is 28.8. The number of hydrogen-bond acceptors (Lipinski definition) is 4. The Morgan fingerprint density at radius 2 is 2.16 bits per heavy atom. The van der Waals surface area contributed by atoms with E-state index in [1.807, 2.05) is 11.8 Å². The zero-order chi connectivity index (χ0) is 13.9. The van der Waals surface area contributed by atoms with Crippen LogP contribution in [0.2, 0.25) is 0 Å². The van der Waals surface area contributed by atoms with Crippen molar-refractivity contribution in [2.75, 3.05) is 12.3 Å². The van der Waals surface area contributed by atoms with E-state index in [1.54, 1.807) is 11.8 Å². The number of thioether (sulfide) groups is 1. The average Bonchev–Trinajstić information content (AvgIpc) is 3.06. The summed E-state index contributed by atoms with van der Waals surface area (Å²) < 4.78 is -0.321. The van der Waals surface area contributed by atoms with E-state index in [4.69, 9.17) is 10.9 Å². The summed E-state index contributed by atoms with van der Waals surface area (Å²) in [4.78, 5) is 14.7. The molecule has 19 heavy (non-hydrogen) atoms. The van der Waals surface area contributed by atoms with Gasteiger partial charge in [0.05, 0.1) is 11.3 Å². The molecule has 2 aliphatic rings. The molecule has 108 valence electrons. The molecule has 1 aliphatic heterocycles. The highest BCUT2D eigenvalue weighted by molar-refractivity contribution is 8.01.